The van der Waals surface area contributed by atoms with Gasteiger partial charge in [-0.3, -0.25) is 5.32 Å². The smallest absolute Gasteiger partial charge is 0.412 e. The highest BCUT2D eigenvalue weighted by atomic mass is 16.6. The molecular formula is C14H20N2O2. The van der Waals surface area contributed by atoms with Crippen molar-refractivity contribution in [2.45, 2.75) is 26.4 Å². The molecule has 4 nitrogen and oxygen atoms in total. The van der Waals surface area contributed by atoms with Crippen molar-refractivity contribution in [2.24, 2.45) is 5.73 Å². The molecule has 1 amide bonds. The van der Waals surface area contributed by atoms with Gasteiger partial charge in [-0.05, 0) is 44.0 Å². The Balaban J connectivity index is 2.64. The van der Waals surface area contributed by atoms with Crippen molar-refractivity contribution in [3.8, 4) is 0 Å². The molecule has 0 atom stereocenters. The summed E-state index contributed by atoms with van der Waals surface area (Å²) in [6.45, 7) is 9.72. The highest BCUT2D eigenvalue weighted by Crippen LogP contribution is 2.16. The first-order chi connectivity index (χ1) is 8.31. The van der Waals surface area contributed by atoms with Gasteiger partial charge in [0.2, 0.25) is 0 Å². The summed E-state index contributed by atoms with van der Waals surface area (Å²) >= 11 is 0. The molecule has 0 spiro atoms. The Kier molecular flexibility index (Phi) is 4.50. The van der Waals surface area contributed by atoms with E-state index in [0.717, 1.165) is 11.1 Å². The summed E-state index contributed by atoms with van der Waals surface area (Å²) in [5.41, 5.74) is 7.50. The van der Waals surface area contributed by atoms with Crippen LogP contribution < -0.4 is 11.1 Å². The fourth-order valence-electron chi connectivity index (χ4n) is 1.33. The van der Waals surface area contributed by atoms with Gasteiger partial charge in [-0.25, -0.2) is 4.79 Å². The van der Waals surface area contributed by atoms with Gasteiger partial charge in [0.15, 0.2) is 0 Å². The molecule has 4 heteroatoms. The van der Waals surface area contributed by atoms with E-state index in [-0.39, 0.29) is 0 Å². The van der Waals surface area contributed by atoms with Crippen LogP contribution in [0.5, 0.6) is 0 Å². The fourth-order valence-corrected chi connectivity index (χ4v) is 1.33. The molecule has 0 aromatic heterocycles. The standard InChI is InChI=1S/C14H20N2O2/c1-10(9-15)11-5-7-12(8-6-11)16-13(17)18-14(2,3)4/h5-8H,1,9,15H2,2-4H3,(H,16,17). The van der Waals surface area contributed by atoms with Gasteiger partial charge < -0.3 is 10.5 Å². The van der Waals surface area contributed by atoms with Crippen LogP contribution in [0.25, 0.3) is 5.57 Å². The van der Waals surface area contributed by atoms with E-state index in [0.29, 0.717) is 12.2 Å². The van der Waals surface area contributed by atoms with E-state index in [2.05, 4.69) is 11.9 Å². The van der Waals surface area contributed by atoms with Gasteiger partial charge in [-0.15, -0.1) is 0 Å². The molecule has 18 heavy (non-hydrogen) atoms. The van der Waals surface area contributed by atoms with Gasteiger partial charge in [0.05, 0.1) is 0 Å². The minimum absolute atomic E-state index is 0.416. The summed E-state index contributed by atoms with van der Waals surface area (Å²) in [7, 11) is 0. The first kappa shape index (κ1) is 14.3. The van der Waals surface area contributed by atoms with Crippen LogP contribution in [0.1, 0.15) is 26.3 Å². The minimum Gasteiger partial charge on any atom is -0.444 e. The Morgan fingerprint density at radius 3 is 2.33 bits per heavy atom. The third-order valence-electron chi connectivity index (χ3n) is 2.18. The van der Waals surface area contributed by atoms with Crippen LogP contribution in [0, 0.1) is 0 Å². The molecule has 0 bridgehead atoms. The predicted molar refractivity (Wildman–Crippen MR) is 74.4 cm³/mol. The van der Waals surface area contributed by atoms with Crippen LogP contribution in [0.4, 0.5) is 10.5 Å². The normalized spacial score (nSPS) is 10.9. The maximum atomic E-state index is 11.5. The number of nitrogens with one attached hydrogen (secondary N) is 1. The molecule has 0 fully saturated rings. The van der Waals surface area contributed by atoms with E-state index in [1.165, 1.54) is 0 Å². The molecule has 1 aromatic carbocycles. The molecule has 1 rings (SSSR count). The molecule has 0 aliphatic rings. The lowest BCUT2D eigenvalue weighted by atomic mass is 10.1. The summed E-state index contributed by atoms with van der Waals surface area (Å²) in [5, 5.41) is 2.66. The van der Waals surface area contributed by atoms with Crippen LogP contribution >= 0.6 is 0 Å². The van der Waals surface area contributed by atoms with E-state index >= 15 is 0 Å². The monoisotopic (exact) mass is 248 g/mol. The van der Waals surface area contributed by atoms with Crippen LogP contribution in [0.3, 0.4) is 0 Å². The van der Waals surface area contributed by atoms with Crippen molar-refractivity contribution in [3.05, 3.63) is 36.4 Å². The molecule has 3 N–H and O–H groups in total. The number of hydrogen-bond donors (Lipinski definition) is 2. The molecule has 0 unspecified atom stereocenters. The molecular weight excluding hydrogens is 228 g/mol. The van der Waals surface area contributed by atoms with E-state index in [1.807, 2.05) is 32.9 Å². The number of benzene rings is 1. The predicted octanol–water partition coefficient (Wildman–Crippen LogP) is 3.01. The van der Waals surface area contributed by atoms with Crippen LogP contribution in [-0.2, 0) is 4.74 Å². The van der Waals surface area contributed by atoms with E-state index < -0.39 is 11.7 Å². The summed E-state index contributed by atoms with van der Waals surface area (Å²) in [6, 6.07) is 7.31. The molecule has 0 aliphatic heterocycles. The second-order valence-corrected chi connectivity index (χ2v) is 5.01. The van der Waals surface area contributed by atoms with Gasteiger partial charge in [0.1, 0.15) is 5.60 Å². The maximum Gasteiger partial charge on any atom is 0.412 e. The Labute approximate surface area is 108 Å². The number of rotatable bonds is 3. The first-order valence-corrected chi connectivity index (χ1v) is 5.80. The lowest BCUT2D eigenvalue weighted by molar-refractivity contribution is 0.0636. The number of nitrogens with two attached hydrogens (primary N) is 1. The number of anilines is 1. The SMILES string of the molecule is C=C(CN)c1ccc(NC(=O)OC(C)(C)C)cc1. The number of amides is 1. The van der Waals surface area contributed by atoms with Crippen LogP contribution in [0.2, 0.25) is 0 Å². The van der Waals surface area contributed by atoms with Crippen molar-refractivity contribution in [1.29, 1.82) is 0 Å². The largest absolute Gasteiger partial charge is 0.444 e. The van der Waals surface area contributed by atoms with Crippen molar-refractivity contribution in [2.75, 3.05) is 11.9 Å². The summed E-state index contributed by atoms with van der Waals surface area (Å²) in [6.07, 6.45) is -0.465. The van der Waals surface area contributed by atoms with E-state index in [1.54, 1.807) is 12.1 Å². The molecule has 98 valence electrons. The molecule has 0 radical (unpaired) electrons. The average Bonchev–Trinajstić information content (AvgIpc) is 2.26. The lowest BCUT2D eigenvalue weighted by Gasteiger charge is -2.19. The second kappa shape index (κ2) is 5.69. The Bertz CT molecular complexity index is 430. The maximum absolute atomic E-state index is 11.5. The summed E-state index contributed by atoms with van der Waals surface area (Å²) < 4.78 is 5.15. The second-order valence-electron chi connectivity index (χ2n) is 5.01. The Hall–Kier alpha value is -1.81. The number of carbonyl (C=O) groups excluding carboxylic acids is 1. The van der Waals surface area contributed by atoms with E-state index in [4.69, 9.17) is 10.5 Å². The van der Waals surface area contributed by atoms with Crippen LogP contribution in [0.15, 0.2) is 30.8 Å². The van der Waals surface area contributed by atoms with Crippen LogP contribution in [-0.4, -0.2) is 18.2 Å². The van der Waals surface area contributed by atoms with Gasteiger partial charge >= 0.3 is 6.09 Å². The van der Waals surface area contributed by atoms with Gasteiger partial charge in [-0.1, -0.05) is 18.7 Å². The Morgan fingerprint density at radius 1 is 1.33 bits per heavy atom. The van der Waals surface area contributed by atoms with Gasteiger partial charge in [0.25, 0.3) is 0 Å². The third kappa shape index (κ3) is 4.59. The van der Waals surface area contributed by atoms with Crippen molar-refractivity contribution < 1.29 is 9.53 Å². The number of carbonyl (C=O) groups is 1. The molecule has 0 heterocycles. The third-order valence-corrected chi connectivity index (χ3v) is 2.18. The molecule has 0 saturated heterocycles. The summed E-state index contributed by atoms with van der Waals surface area (Å²) in [4.78, 5) is 11.5. The topological polar surface area (TPSA) is 64.3 Å². The zero-order valence-electron chi connectivity index (χ0n) is 11.1. The first-order valence-electron chi connectivity index (χ1n) is 5.80. The van der Waals surface area contributed by atoms with Gasteiger partial charge in [0, 0.05) is 12.2 Å². The quantitative estimate of drug-likeness (QED) is 0.864. The lowest BCUT2D eigenvalue weighted by Crippen LogP contribution is -2.27. The highest BCUT2D eigenvalue weighted by Gasteiger charge is 2.15. The van der Waals surface area contributed by atoms with Gasteiger partial charge in [-0.2, -0.15) is 0 Å². The average molecular weight is 248 g/mol. The molecule has 1 aromatic rings. The van der Waals surface area contributed by atoms with Crippen molar-refractivity contribution >= 4 is 17.4 Å². The summed E-state index contributed by atoms with van der Waals surface area (Å²) in [5.74, 6) is 0. The van der Waals surface area contributed by atoms with Crippen molar-refractivity contribution in [3.63, 3.8) is 0 Å². The number of hydrogen-bond acceptors (Lipinski definition) is 3. The van der Waals surface area contributed by atoms with Crippen molar-refractivity contribution in [1.82, 2.24) is 0 Å². The Morgan fingerprint density at radius 2 is 1.89 bits per heavy atom. The number of ether oxygens (including phenoxy) is 1. The zero-order chi connectivity index (χ0) is 13.8. The molecule has 0 aliphatic carbocycles. The highest BCUT2D eigenvalue weighted by molar-refractivity contribution is 5.85. The minimum atomic E-state index is -0.502. The zero-order valence-corrected chi connectivity index (χ0v) is 11.1. The molecule has 0 saturated carbocycles. The van der Waals surface area contributed by atoms with E-state index in [9.17, 15) is 4.79 Å². The fraction of sp³-hybridized carbons (Fsp3) is 0.357.